The molecule has 1 saturated carbocycles. The maximum absolute atomic E-state index is 5.33. The summed E-state index contributed by atoms with van der Waals surface area (Å²) < 4.78 is 6.61. The van der Waals surface area contributed by atoms with Crippen LogP contribution in [0.25, 0.3) is 0 Å². The van der Waals surface area contributed by atoms with E-state index < -0.39 is 0 Å². The highest BCUT2D eigenvalue weighted by molar-refractivity contribution is 9.11. The summed E-state index contributed by atoms with van der Waals surface area (Å²) in [5.41, 5.74) is 1.54. The van der Waals surface area contributed by atoms with E-state index in [9.17, 15) is 0 Å². The third-order valence-electron chi connectivity index (χ3n) is 3.95. The Labute approximate surface area is 115 Å². The van der Waals surface area contributed by atoms with Gasteiger partial charge in [0.2, 0.25) is 0 Å². The zero-order valence-electron chi connectivity index (χ0n) is 10.0. The van der Waals surface area contributed by atoms with Gasteiger partial charge >= 0.3 is 0 Å². The van der Waals surface area contributed by atoms with Crippen molar-refractivity contribution in [1.82, 2.24) is 5.32 Å². The predicted molar refractivity (Wildman–Crippen MR) is 74.7 cm³/mol. The van der Waals surface area contributed by atoms with E-state index in [1.807, 2.05) is 18.4 Å². The summed E-state index contributed by atoms with van der Waals surface area (Å²) >= 11 is 5.51. The second-order valence-electron chi connectivity index (χ2n) is 5.07. The minimum Gasteiger partial charge on any atom is -0.381 e. The lowest BCUT2D eigenvalue weighted by atomic mass is 9.86. The Bertz CT molecular complexity index is 400. The number of aryl methyl sites for hydroxylation is 1. The second-order valence-corrected chi connectivity index (χ2v) is 7.58. The van der Waals surface area contributed by atoms with Crippen LogP contribution < -0.4 is 5.32 Å². The lowest BCUT2D eigenvalue weighted by Crippen LogP contribution is -2.46. The van der Waals surface area contributed by atoms with Gasteiger partial charge in [-0.3, -0.25) is 0 Å². The average Bonchev–Trinajstić information content (AvgIpc) is 2.63. The molecular weight excluding hydrogens is 298 g/mol. The van der Waals surface area contributed by atoms with Crippen molar-refractivity contribution < 1.29 is 4.74 Å². The molecule has 1 atom stereocenters. The molecule has 2 aliphatic carbocycles. The fourth-order valence-corrected chi connectivity index (χ4v) is 4.69. The number of methoxy groups -OCH3 is 1. The minimum atomic E-state index is 0.491. The first-order valence-electron chi connectivity index (χ1n) is 6.33. The quantitative estimate of drug-likeness (QED) is 0.919. The van der Waals surface area contributed by atoms with Crippen LogP contribution in [0.5, 0.6) is 0 Å². The number of halogens is 1. The molecule has 1 heterocycles. The number of nitrogens with one attached hydrogen (secondary N) is 1. The number of fused-ring (bicyclic) bond motifs is 1. The lowest BCUT2D eigenvalue weighted by Gasteiger charge is -2.38. The molecule has 3 rings (SSSR count). The monoisotopic (exact) mass is 315 g/mol. The van der Waals surface area contributed by atoms with E-state index >= 15 is 0 Å². The first-order chi connectivity index (χ1) is 8.26. The van der Waals surface area contributed by atoms with Gasteiger partial charge in [-0.25, -0.2) is 0 Å². The highest BCUT2D eigenvalue weighted by Crippen LogP contribution is 2.39. The summed E-state index contributed by atoms with van der Waals surface area (Å²) in [6.45, 7) is 0. The highest BCUT2D eigenvalue weighted by atomic mass is 79.9. The van der Waals surface area contributed by atoms with E-state index in [0.29, 0.717) is 18.2 Å². The van der Waals surface area contributed by atoms with E-state index in [1.54, 1.807) is 4.88 Å². The smallest absolute Gasteiger partial charge is 0.0704 e. The SMILES string of the molecule is COC1CC(NC2CCCc3sc(Br)cc32)C1. The van der Waals surface area contributed by atoms with Gasteiger partial charge in [0.15, 0.2) is 0 Å². The van der Waals surface area contributed by atoms with Crippen molar-refractivity contribution >= 4 is 27.3 Å². The van der Waals surface area contributed by atoms with Crippen LogP contribution in [0.1, 0.15) is 42.2 Å². The molecule has 1 aromatic rings. The molecule has 4 heteroatoms. The third kappa shape index (κ3) is 2.46. The summed E-state index contributed by atoms with van der Waals surface area (Å²) in [6, 6.07) is 3.54. The van der Waals surface area contributed by atoms with Crippen LogP contribution in [0.4, 0.5) is 0 Å². The Morgan fingerprint density at radius 1 is 1.47 bits per heavy atom. The summed E-state index contributed by atoms with van der Waals surface area (Å²) in [4.78, 5) is 1.57. The summed E-state index contributed by atoms with van der Waals surface area (Å²) in [5.74, 6) is 0. The highest BCUT2D eigenvalue weighted by Gasteiger charge is 2.32. The van der Waals surface area contributed by atoms with Gasteiger partial charge in [0.25, 0.3) is 0 Å². The third-order valence-corrected chi connectivity index (χ3v) is 5.66. The van der Waals surface area contributed by atoms with Gasteiger partial charge < -0.3 is 10.1 Å². The molecule has 94 valence electrons. The Morgan fingerprint density at radius 3 is 3.06 bits per heavy atom. The maximum atomic E-state index is 5.33. The van der Waals surface area contributed by atoms with Gasteiger partial charge in [0.1, 0.15) is 0 Å². The molecule has 0 aliphatic heterocycles. The second kappa shape index (κ2) is 5.00. The number of rotatable bonds is 3. The van der Waals surface area contributed by atoms with Gasteiger partial charge in [-0.2, -0.15) is 0 Å². The Hall–Kier alpha value is 0.100. The van der Waals surface area contributed by atoms with E-state index in [2.05, 4.69) is 27.3 Å². The normalized spacial score (nSPS) is 32.0. The molecule has 2 nitrogen and oxygen atoms in total. The Kier molecular flexibility index (Phi) is 3.57. The summed E-state index contributed by atoms with van der Waals surface area (Å²) in [6.07, 6.45) is 6.70. The molecule has 1 N–H and O–H groups in total. The summed E-state index contributed by atoms with van der Waals surface area (Å²) in [7, 11) is 1.82. The summed E-state index contributed by atoms with van der Waals surface area (Å²) in [5, 5.41) is 3.79. The van der Waals surface area contributed by atoms with Crippen molar-refractivity contribution in [3.05, 3.63) is 20.3 Å². The maximum Gasteiger partial charge on any atom is 0.0704 e. The molecule has 0 amide bonds. The van der Waals surface area contributed by atoms with Crippen LogP contribution >= 0.6 is 27.3 Å². The van der Waals surface area contributed by atoms with Crippen molar-refractivity contribution in [2.75, 3.05) is 7.11 Å². The van der Waals surface area contributed by atoms with Crippen LogP contribution in [0.2, 0.25) is 0 Å². The fourth-order valence-electron chi connectivity index (χ4n) is 2.87. The molecule has 2 aliphatic rings. The first kappa shape index (κ1) is 12.2. The molecular formula is C13H18BrNOS. The average molecular weight is 316 g/mol. The molecule has 0 bridgehead atoms. The standard InChI is InChI=1S/C13H18BrNOS/c1-16-9-5-8(6-9)15-11-3-2-4-12-10(11)7-13(14)17-12/h7-9,11,15H,2-6H2,1H3. The van der Waals surface area contributed by atoms with Crippen LogP contribution in [0, 0.1) is 0 Å². The molecule has 0 saturated heterocycles. The van der Waals surface area contributed by atoms with E-state index in [1.165, 1.54) is 41.5 Å². The fraction of sp³-hybridized carbons (Fsp3) is 0.692. The number of ether oxygens (including phenoxy) is 1. The van der Waals surface area contributed by atoms with Crippen molar-refractivity contribution in [1.29, 1.82) is 0 Å². The van der Waals surface area contributed by atoms with Crippen molar-refractivity contribution in [2.45, 2.75) is 50.3 Å². The minimum absolute atomic E-state index is 0.491. The van der Waals surface area contributed by atoms with Crippen LogP contribution in [-0.4, -0.2) is 19.3 Å². The molecule has 0 aromatic carbocycles. The largest absolute Gasteiger partial charge is 0.381 e. The molecule has 1 fully saturated rings. The Morgan fingerprint density at radius 2 is 2.29 bits per heavy atom. The van der Waals surface area contributed by atoms with Crippen LogP contribution in [0.15, 0.2) is 9.85 Å². The van der Waals surface area contributed by atoms with Gasteiger partial charge in [0, 0.05) is 24.1 Å². The first-order valence-corrected chi connectivity index (χ1v) is 7.94. The Balaban J connectivity index is 1.65. The number of hydrogen-bond acceptors (Lipinski definition) is 3. The van der Waals surface area contributed by atoms with E-state index in [4.69, 9.17) is 4.74 Å². The predicted octanol–water partition coefficient (Wildman–Crippen LogP) is 3.66. The number of hydrogen-bond donors (Lipinski definition) is 1. The molecule has 0 radical (unpaired) electrons. The van der Waals surface area contributed by atoms with Crippen molar-refractivity contribution in [3.8, 4) is 0 Å². The topological polar surface area (TPSA) is 21.3 Å². The van der Waals surface area contributed by atoms with Gasteiger partial charge in [0.05, 0.1) is 9.89 Å². The van der Waals surface area contributed by atoms with Gasteiger partial charge in [-0.15, -0.1) is 11.3 Å². The van der Waals surface area contributed by atoms with Crippen LogP contribution in [-0.2, 0) is 11.2 Å². The molecule has 17 heavy (non-hydrogen) atoms. The molecule has 1 unspecified atom stereocenters. The van der Waals surface area contributed by atoms with Crippen molar-refractivity contribution in [3.63, 3.8) is 0 Å². The zero-order chi connectivity index (χ0) is 11.8. The lowest BCUT2D eigenvalue weighted by molar-refractivity contribution is 0.0135. The zero-order valence-corrected chi connectivity index (χ0v) is 12.4. The number of thiophene rings is 1. The molecule has 0 spiro atoms. The van der Waals surface area contributed by atoms with E-state index in [-0.39, 0.29) is 0 Å². The van der Waals surface area contributed by atoms with Gasteiger partial charge in [-0.05, 0) is 59.7 Å². The van der Waals surface area contributed by atoms with E-state index in [0.717, 1.165) is 0 Å². The van der Waals surface area contributed by atoms with Crippen molar-refractivity contribution in [2.24, 2.45) is 0 Å². The molecule has 1 aromatic heterocycles. The van der Waals surface area contributed by atoms with Crippen LogP contribution in [0.3, 0.4) is 0 Å². The van der Waals surface area contributed by atoms with Gasteiger partial charge in [-0.1, -0.05) is 0 Å².